The predicted octanol–water partition coefficient (Wildman–Crippen LogP) is 3.38. The van der Waals surface area contributed by atoms with Gasteiger partial charge in [0.25, 0.3) is 5.69 Å². The standard InChI is InChI=1S/C14H14N2O4/c17-9-4-5-12(13(8-9)16(18)19)15-11-2-1-3-14-10(11)6-7-20-14/h4-8,11,15,17H,1-3H2. The Labute approximate surface area is 115 Å². The van der Waals surface area contributed by atoms with Gasteiger partial charge in [-0.15, -0.1) is 0 Å². The Bertz CT molecular complexity index is 650. The zero-order chi connectivity index (χ0) is 14.1. The minimum Gasteiger partial charge on any atom is -0.508 e. The van der Waals surface area contributed by atoms with Crippen molar-refractivity contribution in [2.45, 2.75) is 25.3 Å². The number of benzene rings is 1. The van der Waals surface area contributed by atoms with Gasteiger partial charge in [-0.3, -0.25) is 10.1 Å². The van der Waals surface area contributed by atoms with Gasteiger partial charge in [0, 0.05) is 12.0 Å². The van der Waals surface area contributed by atoms with Crippen molar-refractivity contribution in [2.75, 3.05) is 5.32 Å². The van der Waals surface area contributed by atoms with Crippen molar-refractivity contribution in [1.29, 1.82) is 0 Å². The number of phenolic OH excluding ortho intramolecular Hbond substituents is 1. The number of aromatic hydroxyl groups is 1. The molecule has 104 valence electrons. The number of fused-ring (bicyclic) bond motifs is 1. The van der Waals surface area contributed by atoms with Crippen LogP contribution in [0.15, 0.2) is 34.9 Å². The number of rotatable bonds is 3. The number of hydrogen-bond donors (Lipinski definition) is 2. The van der Waals surface area contributed by atoms with Crippen LogP contribution in [0.25, 0.3) is 0 Å². The zero-order valence-electron chi connectivity index (χ0n) is 10.7. The van der Waals surface area contributed by atoms with Gasteiger partial charge in [-0.1, -0.05) is 0 Å². The first-order chi connectivity index (χ1) is 9.65. The molecular weight excluding hydrogens is 260 g/mol. The first kappa shape index (κ1) is 12.5. The molecule has 2 aromatic rings. The van der Waals surface area contributed by atoms with Gasteiger partial charge in [0.2, 0.25) is 0 Å². The maximum atomic E-state index is 11.0. The minimum atomic E-state index is -0.499. The highest BCUT2D eigenvalue weighted by Gasteiger charge is 2.25. The first-order valence-corrected chi connectivity index (χ1v) is 6.45. The Morgan fingerprint density at radius 2 is 2.25 bits per heavy atom. The van der Waals surface area contributed by atoms with Crippen LogP contribution in [0.2, 0.25) is 0 Å². The molecule has 0 radical (unpaired) electrons. The van der Waals surface area contributed by atoms with Gasteiger partial charge in [-0.05, 0) is 31.0 Å². The van der Waals surface area contributed by atoms with E-state index >= 15 is 0 Å². The summed E-state index contributed by atoms with van der Waals surface area (Å²) in [6.07, 6.45) is 4.42. The summed E-state index contributed by atoms with van der Waals surface area (Å²) in [7, 11) is 0. The van der Waals surface area contributed by atoms with E-state index in [-0.39, 0.29) is 17.5 Å². The second-order valence-electron chi connectivity index (χ2n) is 4.85. The van der Waals surface area contributed by atoms with Crippen molar-refractivity contribution < 1.29 is 14.4 Å². The van der Waals surface area contributed by atoms with Gasteiger partial charge in [-0.25, -0.2) is 0 Å². The highest BCUT2D eigenvalue weighted by Crippen LogP contribution is 2.36. The molecule has 0 saturated carbocycles. The quantitative estimate of drug-likeness (QED) is 0.509. The average molecular weight is 274 g/mol. The van der Waals surface area contributed by atoms with Crippen molar-refractivity contribution in [3.8, 4) is 5.75 Å². The van der Waals surface area contributed by atoms with E-state index in [1.165, 1.54) is 12.1 Å². The lowest BCUT2D eigenvalue weighted by molar-refractivity contribution is -0.384. The molecule has 0 spiro atoms. The molecule has 1 aliphatic rings. The Hall–Kier alpha value is -2.50. The highest BCUT2D eigenvalue weighted by molar-refractivity contribution is 5.64. The fraction of sp³-hybridized carbons (Fsp3) is 0.286. The summed E-state index contributed by atoms with van der Waals surface area (Å²) >= 11 is 0. The Balaban J connectivity index is 1.92. The molecule has 1 atom stereocenters. The summed E-state index contributed by atoms with van der Waals surface area (Å²) in [5, 5.41) is 23.6. The van der Waals surface area contributed by atoms with Crippen molar-refractivity contribution in [3.05, 3.63) is 52.0 Å². The van der Waals surface area contributed by atoms with E-state index in [0.29, 0.717) is 5.69 Å². The molecule has 0 fully saturated rings. The normalized spacial score (nSPS) is 17.5. The van der Waals surface area contributed by atoms with E-state index in [1.807, 2.05) is 6.07 Å². The first-order valence-electron chi connectivity index (χ1n) is 6.45. The average Bonchev–Trinajstić information content (AvgIpc) is 2.90. The van der Waals surface area contributed by atoms with E-state index in [4.69, 9.17) is 4.42 Å². The molecule has 0 saturated heterocycles. The molecule has 1 aromatic heterocycles. The SMILES string of the molecule is O=[N+]([O-])c1cc(O)ccc1NC1CCCc2occc21. The highest BCUT2D eigenvalue weighted by atomic mass is 16.6. The van der Waals surface area contributed by atoms with E-state index < -0.39 is 4.92 Å². The van der Waals surface area contributed by atoms with Crippen molar-refractivity contribution in [1.82, 2.24) is 0 Å². The summed E-state index contributed by atoms with van der Waals surface area (Å²) < 4.78 is 5.41. The van der Waals surface area contributed by atoms with Crippen molar-refractivity contribution in [3.63, 3.8) is 0 Å². The summed E-state index contributed by atoms with van der Waals surface area (Å²) in [6, 6.07) is 6.02. The molecule has 3 rings (SSSR count). The van der Waals surface area contributed by atoms with Gasteiger partial charge in [0.15, 0.2) is 0 Å². The minimum absolute atomic E-state index is 0.000688. The van der Waals surface area contributed by atoms with Crippen LogP contribution in [0.1, 0.15) is 30.2 Å². The maximum Gasteiger partial charge on any atom is 0.296 e. The number of nitro groups is 1. The number of nitro benzene ring substituents is 1. The third-order valence-corrected chi connectivity index (χ3v) is 3.56. The molecular formula is C14H14N2O4. The monoisotopic (exact) mass is 274 g/mol. The molecule has 6 nitrogen and oxygen atoms in total. The number of hydrogen-bond acceptors (Lipinski definition) is 5. The predicted molar refractivity (Wildman–Crippen MR) is 72.8 cm³/mol. The molecule has 6 heteroatoms. The fourth-order valence-corrected chi connectivity index (χ4v) is 2.62. The van der Waals surface area contributed by atoms with Crippen LogP contribution in [0.3, 0.4) is 0 Å². The Morgan fingerprint density at radius 3 is 3.05 bits per heavy atom. The molecule has 0 amide bonds. The van der Waals surface area contributed by atoms with Crippen LogP contribution in [0.5, 0.6) is 5.75 Å². The molecule has 1 aliphatic carbocycles. The molecule has 0 bridgehead atoms. The lowest BCUT2D eigenvalue weighted by Crippen LogP contribution is -2.16. The number of phenols is 1. The van der Waals surface area contributed by atoms with Gasteiger partial charge < -0.3 is 14.8 Å². The van der Waals surface area contributed by atoms with Crippen LogP contribution in [-0.4, -0.2) is 10.0 Å². The second kappa shape index (κ2) is 4.88. The number of furan rings is 1. The number of nitrogens with one attached hydrogen (secondary N) is 1. The lowest BCUT2D eigenvalue weighted by Gasteiger charge is -2.23. The number of nitrogens with zero attached hydrogens (tertiary/aromatic N) is 1. The Morgan fingerprint density at radius 1 is 1.40 bits per heavy atom. The Kier molecular flexibility index (Phi) is 3.06. The van der Waals surface area contributed by atoms with E-state index in [0.717, 1.165) is 36.7 Å². The van der Waals surface area contributed by atoms with Crippen LogP contribution < -0.4 is 5.32 Å². The molecule has 0 aliphatic heterocycles. The third-order valence-electron chi connectivity index (χ3n) is 3.56. The van der Waals surface area contributed by atoms with E-state index in [2.05, 4.69) is 5.32 Å². The summed E-state index contributed by atoms with van der Waals surface area (Å²) in [6.45, 7) is 0. The van der Waals surface area contributed by atoms with Gasteiger partial charge in [0.1, 0.15) is 17.2 Å². The molecule has 1 heterocycles. The molecule has 2 N–H and O–H groups in total. The van der Waals surface area contributed by atoms with Gasteiger partial charge in [-0.2, -0.15) is 0 Å². The summed E-state index contributed by atoms with van der Waals surface area (Å²) in [5.41, 5.74) is 1.34. The third kappa shape index (κ3) is 2.20. The van der Waals surface area contributed by atoms with Crippen LogP contribution >= 0.6 is 0 Å². The van der Waals surface area contributed by atoms with Crippen LogP contribution in [-0.2, 0) is 6.42 Å². The molecule has 1 unspecified atom stereocenters. The van der Waals surface area contributed by atoms with Crippen molar-refractivity contribution >= 4 is 11.4 Å². The maximum absolute atomic E-state index is 11.0. The zero-order valence-corrected chi connectivity index (χ0v) is 10.7. The van der Waals surface area contributed by atoms with E-state index in [1.54, 1.807) is 6.26 Å². The summed E-state index contributed by atoms with van der Waals surface area (Å²) in [5.74, 6) is 0.824. The smallest absolute Gasteiger partial charge is 0.296 e. The number of aryl methyl sites for hydroxylation is 1. The van der Waals surface area contributed by atoms with Crippen LogP contribution in [0.4, 0.5) is 11.4 Å². The second-order valence-corrected chi connectivity index (χ2v) is 4.85. The molecule has 20 heavy (non-hydrogen) atoms. The summed E-state index contributed by atoms with van der Waals surface area (Å²) in [4.78, 5) is 10.5. The van der Waals surface area contributed by atoms with Crippen LogP contribution in [0, 0.1) is 10.1 Å². The topological polar surface area (TPSA) is 88.5 Å². The molecule has 1 aromatic carbocycles. The fourth-order valence-electron chi connectivity index (χ4n) is 2.62. The lowest BCUT2D eigenvalue weighted by atomic mass is 9.93. The van der Waals surface area contributed by atoms with Gasteiger partial charge in [0.05, 0.1) is 23.3 Å². The van der Waals surface area contributed by atoms with Gasteiger partial charge >= 0.3 is 0 Å². The van der Waals surface area contributed by atoms with E-state index in [9.17, 15) is 15.2 Å². The number of anilines is 1. The van der Waals surface area contributed by atoms with Crippen molar-refractivity contribution in [2.24, 2.45) is 0 Å². The largest absolute Gasteiger partial charge is 0.508 e.